The Labute approximate surface area is 127 Å². The fraction of sp³-hybridized carbons (Fsp3) is 0.875. The molecule has 2 bridgehead atoms. The fourth-order valence-corrected chi connectivity index (χ4v) is 4.02. The van der Waals surface area contributed by atoms with Crippen molar-refractivity contribution >= 4 is 11.8 Å². The highest BCUT2D eigenvalue weighted by Gasteiger charge is 2.38. The quantitative estimate of drug-likeness (QED) is 0.830. The van der Waals surface area contributed by atoms with E-state index in [1.54, 1.807) is 4.90 Å². The molecule has 5 nitrogen and oxygen atoms in total. The molecule has 2 atom stereocenters. The lowest BCUT2D eigenvalue weighted by Crippen LogP contribution is -2.48. The zero-order valence-electron chi connectivity index (χ0n) is 12.9. The molecule has 5 heteroatoms. The average molecular weight is 293 g/mol. The third-order valence-corrected chi connectivity index (χ3v) is 5.19. The van der Waals surface area contributed by atoms with Crippen molar-refractivity contribution < 1.29 is 9.59 Å². The number of likely N-dealkylation sites (tertiary alicyclic amines) is 1. The Bertz CT molecular complexity index is 385. The zero-order chi connectivity index (χ0) is 14.7. The van der Waals surface area contributed by atoms with Crippen LogP contribution in [0.4, 0.5) is 0 Å². The molecule has 3 heterocycles. The predicted octanol–water partition coefficient (Wildman–Crippen LogP) is 1.13. The van der Waals surface area contributed by atoms with Crippen molar-refractivity contribution in [1.82, 2.24) is 15.1 Å². The topological polar surface area (TPSA) is 52.7 Å². The van der Waals surface area contributed by atoms with E-state index in [9.17, 15) is 9.59 Å². The van der Waals surface area contributed by atoms with Crippen molar-refractivity contribution in [3.8, 4) is 0 Å². The lowest BCUT2D eigenvalue weighted by Gasteiger charge is -2.31. The smallest absolute Gasteiger partial charge is 0.242 e. The molecule has 2 amide bonds. The van der Waals surface area contributed by atoms with Gasteiger partial charge in [0.05, 0.1) is 6.54 Å². The average Bonchev–Trinajstić information content (AvgIpc) is 2.72. The Morgan fingerprint density at radius 1 is 1.10 bits per heavy atom. The maximum atomic E-state index is 12.7. The van der Waals surface area contributed by atoms with Crippen molar-refractivity contribution in [2.75, 3.05) is 26.2 Å². The summed E-state index contributed by atoms with van der Waals surface area (Å²) in [6, 6.07) is 0.734. The Morgan fingerprint density at radius 2 is 1.90 bits per heavy atom. The Hall–Kier alpha value is -1.10. The number of nitrogens with zero attached hydrogens (tertiary/aromatic N) is 2. The van der Waals surface area contributed by atoms with Crippen LogP contribution >= 0.6 is 0 Å². The molecule has 0 aliphatic carbocycles. The van der Waals surface area contributed by atoms with E-state index in [0.717, 1.165) is 58.2 Å². The Morgan fingerprint density at radius 3 is 2.81 bits per heavy atom. The molecule has 0 aromatic rings. The van der Waals surface area contributed by atoms with Gasteiger partial charge < -0.3 is 15.1 Å². The molecule has 0 saturated carbocycles. The van der Waals surface area contributed by atoms with E-state index >= 15 is 0 Å². The minimum Gasteiger partial charge on any atom is -0.334 e. The van der Waals surface area contributed by atoms with Crippen LogP contribution in [0.25, 0.3) is 0 Å². The van der Waals surface area contributed by atoms with Crippen LogP contribution < -0.4 is 5.32 Å². The number of rotatable bonds is 2. The summed E-state index contributed by atoms with van der Waals surface area (Å²) in [5.74, 6) is 0.337. The van der Waals surface area contributed by atoms with E-state index < -0.39 is 0 Å². The van der Waals surface area contributed by atoms with E-state index in [1.165, 1.54) is 6.42 Å². The van der Waals surface area contributed by atoms with Crippen LogP contribution in [0.15, 0.2) is 0 Å². The first-order valence-corrected chi connectivity index (χ1v) is 8.55. The Kier molecular flexibility index (Phi) is 4.78. The monoisotopic (exact) mass is 293 g/mol. The number of hydrogen-bond acceptors (Lipinski definition) is 3. The number of carbonyl (C=O) groups excluding carboxylic acids is 2. The SMILES string of the molecule is O=C1CCCCCCN1CC(=O)N1C2CCNCC1CC2. The van der Waals surface area contributed by atoms with Crippen molar-refractivity contribution in [2.45, 2.75) is 63.5 Å². The highest BCUT2D eigenvalue weighted by molar-refractivity contribution is 5.85. The third-order valence-electron chi connectivity index (χ3n) is 5.19. The third kappa shape index (κ3) is 3.39. The second-order valence-electron chi connectivity index (χ2n) is 6.66. The van der Waals surface area contributed by atoms with E-state index in [0.29, 0.717) is 25.0 Å². The van der Waals surface area contributed by atoms with E-state index in [4.69, 9.17) is 0 Å². The van der Waals surface area contributed by atoms with E-state index in [1.807, 2.05) is 0 Å². The first-order valence-electron chi connectivity index (χ1n) is 8.55. The lowest BCUT2D eigenvalue weighted by atomic mass is 10.1. The van der Waals surface area contributed by atoms with Gasteiger partial charge in [-0.05, 0) is 38.6 Å². The van der Waals surface area contributed by atoms with E-state index in [2.05, 4.69) is 10.2 Å². The van der Waals surface area contributed by atoms with Crippen LogP contribution in [0.3, 0.4) is 0 Å². The van der Waals surface area contributed by atoms with Gasteiger partial charge in [-0.3, -0.25) is 9.59 Å². The zero-order valence-corrected chi connectivity index (χ0v) is 12.9. The van der Waals surface area contributed by atoms with Gasteiger partial charge >= 0.3 is 0 Å². The molecule has 0 radical (unpaired) electrons. The first kappa shape index (κ1) is 14.8. The van der Waals surface area contributed by atoms with Crippen molar-refractivity contribution in [3.05, 3.63) is 0 Å². The van der Waals surface area contributed by atoms with Crippen LogP contribution in [0, 0.1) is 0 Å². The molecule has 0 aromatic heterocycles. The summed E-state index contributed by atoms with van der Waals surface area (Å²) in [6.45, 7) is 2.97. The van der Waals surface area contributed by atoms with Gasteiger partial charge in [0.1, 0.15) is 0 Å². The van der Waals surface area contributed by atoms with Crippen LogP contribution in [0.2, 0.25) is 0 Å². The molecular weight excluding hydrogens is 266 g/mol. The predicted molar refractivity (Wildman–Crippen MR) is 80.8 cm³/mol. The summed E-state index contributed by atoms with van der Waals surface area (Å²) in [5.41, 5.74) is 0. The van der Waals surface area contributed by atoms with Gasteiger partial charge in [-0.25, -0.2) is 0 Å². The molecule has 0 aromatic carbocycles. The number of carbonyl (C=O) groups is 2. The summed E-state index contributed by atoms with van der Waals surface area (Å²) in [7, 11) is 0. The minimum atomic E-state index is 0.167. The fourth-order valence-electron chi connectivity index (χ4n) is 4.02. The lowest BCUT2D eigenvalue weighted by molar-refractivity contribution is -0.142. The number of amides is 2. The molecule has 21 heavy (non-hydrogen) atoms. The maximum Gasteiger partial charge on any atom is 0.242 e. The molecule has 3 fully saturated rings. The molecule has 118 valence electrons. The van der Waals surface area contributed by atoms with Gasteiger partial charge in [0.2, 0.25) is 11.8 Å². The molecular formula is C16H27N3O2. The normalized spacial score (nSPS) is 30.8. The van der Waals surface area contributed by atoms with Gasteiger partial charge in [-0.15, -0.1) is 0 Å². The number of fused-ring (bicyclic) bond motifs is 2. The van der Waals surface area contributed by atoms with Gasteiger partial charge in [0.15, 0.2) is 0 Å². The number of hydrogen-bond donors (Lipinski definition) is 1. The standard InChI is InChI=1S/C16H27N3O2/c20-15-5-3-1-2-4-10-18(15)12-16(21)19-13-6-7-14(19)11-17-9-8-13/h13-14,17H,1-12H2. The van der Waals surface area contributed by atoms with Crippen molar-refractivity contribution in [2.24, 2.45) is 0 Å². The van der Waals surface area contributed by atoms with Gasteiger partial charge in [-0.1, -0.05) is 12.8 Å². The summed E-state index contributed by atoms with van der Waals surface area (Å²) in [6.07, 6.45) is 8.24. The van der Waals surface area contributed by atoms with Crippen LogP contribution in [0.5, 0.6) is 0 Å². The largest absolute Gasteiger partial charge is 0.334 e. The van der Waals surface area contributed by atoms with Crippen molar-refractivity contribution in [3.63, 3.8) is 0 Å². The summed E-state index contributed by atoms with van der Waals surface area (Å²) in [4.78, 5) is 28.8. The van der Waals surface area contributed by atoms with E-state index in [-0.39, 0.29) is 11.8 Å². The number of nitrogens with one attached hydrogen (secondary N) is 1. The highest BCUT2D eigenvalue weighted by atomic mass is 16.2. The summed E-state index contributed by atoms with van der Waals surface area (Å²) in [5, 5.41) is 3.42. The molecule has 1 N–H and O–H groups in total. The van der Waals surface area contributed by atoms with Crippen LogP contribution in [-0.2, 0) is 9.59 Å². The maximum absolute atomic E-state index is 12.7. The second kappa shape index (κ2) is 6.77. The molecule has 0 spiro atoms. The van der Waals surface area contributed by atoms with Crippen LogP contribution in [-0.4, -0.2) is 59.9 Å². The first-order chi connectivity index (χ1) is 10.3. The molecule has 3 aliphatic rings. The molecule has 2 unspecified atom stereocenters. The van der Waals surface area contributed by atoms with Gasteiger partial charge in [-0.2, -0.15) is 0 Å². The van der Waals surface area contributed by atoms with Crippen LogP contribution in [0.1, 0.15) is 51.4 Å². The van der Waals surface area contributed by atoms with Gasteiger partial charge in [0.25, 0.3) is 0 Å². The molecule has 3 saturated heterocycles. The Balaban J connectivity index is 1.63. The second-order valence-corrected chi connectivity index (χ2v) is 6.66. The summed E-state index contributed by atoms with van der Waals surface area (Å²) < 4.78 is 0. The molecule has 3 rings (SSSR count). The molecule has 3 aliphatic heterocycles. The van der Waals surface area contributed by atoms with Gasteiger partial charge in [0, 0.05) is 31.6 Å². The van der Waals surface area contributed by atoms with Crippen molar-refractivity contribution in [1.29, 1.82) is 0 Å². The highest BCUT2D eigenvalue weighted by Crippen LogP contribution is 2.28. The summed E-state index contributed by atoms with van der Waals surface area (Å²) >= 11 is 0. The minimum absolute atomic E-state index is 0.167.